The minimum Gasteiger partial charge on any atom is -0.507 e. The van der Waals surface area contributed by atoms with Gasteiger partial charge in [-0.3, -0.25) is 14.7 Å². The van der Waals surface area contributed by atoms with Crippen LogP contribution >= 0.6 is 15.9 Å². The second kappa shape index (κ2) is 16.3. The van der Waals surface area contributed by atoms with Crippen LogP contribution in [0, 0.1) is 0 Å². The van der Waals surface area contributed by atoms with Crippen molar-refractivity contribution in [1.82, 2.24) is 20.5 Å². The minimum atomic E-state index is -1.01. The molecule has 1 aliphatic heterocycles. The van der Waals surface area contributed by atoms with Crippen molar-refractivity contribution in [3.8, 4) is 28.7 Å². The van der Waals surface area contributed by atoms with E-state index in [-0.39, 0.29) is 52.7 Å². The number of benzene rings is 2. The van der Waals surface area contributed by atoms with Crippen molar-refractivity contribution < 1.29 is 43.5 Å². The Bertz CT molecular complexity index is 1610. The number of hydrogen-bond donors (Lipinski definition) is 4. The molecule has 0 fully saturated rings. The van der Waals surface area contributed by atoms with Crippen molar-refractivity contribution in [3.63, 3.8) is 0 Å². The summed E-state index contributed by atoms with van der Waals surface area (Å²) < 4.78 is 22.6. The highest BCUT2D eigenvalue weighted by atomic mass is 79.9. The van der Waals surface area contributed by atoms with Crippen LogP contribution in [-0.4, -0.2) is 70.5 Å². The van der Waals surface area contributed by atoms with Gasteiger partial charge in [0.2, 0.25) is 16.4 Å². The van der Waals surface area contributed by atoms with Crippen molar-refractivity contribution in [2.24, 2.45) is 0 Å². The molecule has 4 N–H and O–H groups in total. The number of carbonyl (C=O) groups is 3. The van der Waals surface area contributed by atoms with Crippen LogP contribution in [0.1, 0.15) is 90.7 Å². The van der Waals surface area contributed by atoms with Crippen LogP contribution in [0.4, 0.5) is 0 Å². The van der Waals surface area contributed by atoms with Crippen molar-refractivity contribution in [2.45, 2.75) is 70.4 Å². The van der Waals surface area contributed by atoms with E-state index in [4.69, 9.17) is 18.9 Å². The number of aromatic amines is 1. The Kier molecular flexibility index (Phi) is 12.2. The fourth-order valence-electron chi connectivity index (χ4n) is 5.50. The summed E-state index contributed by atoms with van der Waals surface area (Å²) in [6.07, 6.45) is 5.61. The molecule has 2 unspecified atom stereocenters. The molecule has 1 aromatic heterocycles. The molecule has 14 heteroatoms. The van der Waals surface area contributed by atoms with E-state index in [9.17, 15) is 24.6 Å². The highest BCUT2D eigenvalue weighted by Crippen LogP contribution is 2.47. The van der Waals surface area contributed by atoms with E-state index in [2.05, 4.69) is 36.4 Å². The summed E-state index contributed by atoms with van der Waals surface area (Å²) >= 11 is 3.16. The number of H-pyrrole nitrogens is 1. The molecule has 4 rings (SSSR count). The Labute approximate surface area is 280 Å². The van der Waals surface area contributed by atoms with E-state index >= 15 is 0 Å². The van der Waals surface area contributed by atoms with Crippen LogP contribution in [-0.2, 0) is 20.9 Å². The quantitative estimate of drug-likeness (QED) is 0.210. The number of allylic oxidation sites excluding steroid dienone is 1. The molecular weight excluding hydrogens is 676 g/mol. The summed E-state index contributed by atoms with van der Waals surface area (Å²) in [5.41, 5.74) is 0.428. The monoisotopic (exact) mass is 714 g/mol. The number of aromatic hydroxyl groups is 2. The van der Waals surface area contributed by atoms with Gasteiger partial charge in [0.1, 0.15) is 28.7 Å². The zero-order valence-corrected chi connectivity index (χ0v) is 28.3. The molecule has 0 bridgehead atoms. The van der Waals surface area contributed by atoms with Gasteiger partial charge < -0.3 is 34.5 Å². The SMILES string of the molecule is COc1cc(C(CC(=O)NCc2nc(Br)n[nH]2)c2c(O)cc3c(c2O)C(=O)OC(C)CCCC(=O)CCCC=C3)cc(OC)c1OC. The van der Waals surface area contributed by atoms with Crippen LogP contribution < -0.4 is 19.5 Å². The Morgan fingerprint density at radius 2 is 1.81 bits per heavy atom. The number of ether oxygens (including phenoxy) is 4. The standard InChI is InChI=1S/C33H39BrN4O9/c1-18-9-8-12-21(39)11-7-5-6-10-19-13-23(40)29(30(42)28(19)32(43)47-18)22(16-27(41)35-17-26-36-33(34)38-37-26)20-14-24(44-2)31(46-4)25(15-20)45-3/h6,10,13-15,18,22,40,42H,5,7-9,11-12,16-17H2,1-4H3,(H,35,41)(H,36,37,38). The topological polar surface area (TPSA) is 182 Å². The minimum absolute atomic E-state index is 0.0299. The van der Waals surface area contributed by atoms with Gasteiger partial charge in [0, 0.05) is 30.7 Å². The second-order valence-electron chi connectivity index (χ2n) is 11.1. The predicted molar refractivity (Wildman–Crippen MR) is 175 cm³/mol. The van der Waals surface area contributed by atoms with Gasteiger partial charge in [-0.15, -0.1) is 5.10 Å². The molecular formula is C33H39BrN4O9. The lowest BCUT2D eigenvalue weighted by Gasteiger charge is -2.24. The lowest BCUT2D eigenvalue weighted by Crippen LogP contribution is -2.26. The number of halogens is 1. The molecule has 2 aromatic carbocycles. The van der Waals surface area contributed by atoms with Crippen LogP contribution in [0.3, 0.4) is 0 Å². The van der Waals surface area contributed by atoms with Gasteiger partial charge in [0.05, 0.1) is 34.0 Å². The number of Topliss-reactive ketones (excluding diaryl/α,β-unsaturated/α-hetero) is 1. The van der Waals surface area contributed by atoms with Gasteiger partial charge in [-0.25, -0.2) is 9.78 Å². The zero-order chi connectivity index (χ0) is 34.1. The zero-order valence-electron chi connectivity index (χ0n) is 26.7. The highest BCUT2D eigenvalue weighted by molar-refractivity contribution is 9.10. The van der Waals surface area contributed by atoms with Crippen LogP contribution in [0.15, 0.2) is 29.0 Å². The summed E-state index contributed by atoms with van der Waals surface area (Å²) in [7, 11) is 4.34. The lowest BCUT2D eigenvalue weighted by molar-refractivity contribution is -0.121. The van der Waals surface area contributed by atoms with Crippen molar-refractivity contribution in [3.05, 3.63) is 57.1 Å². The Morgan fingerprint density at radius 1 is 1.11 bits per heavy atom. The third-order valence-electron chi connectivity index (χ3n) is 7.84. The van der Waals surface area contributed by atoms with Gasteiger partial charge in [-0.1, -0.05) is 12.2 Å². The normalized spacial score (nSPS) is 16.4. The smallest absolute Gasteiger partial charge is 0.342 e. The fourth-order valence-corrected chi connectivity index (χ4v) is 5.80. The maximum absolute atomic E-state index is 13.6. The van der Waals surface area contributed by atoms with Gasteiger partial charge in [-0.2, -0.15) is 0 Å². The van der Waals surface area contributed by atoms with Gasteiger partial charge in [-0.05, 0) is 77.9 Å². The summed E-state index contributed by atoms with van der Waals surface area (Å²) in [5.74, 6) is -1.72. The molecule has 2 atom stereocenters. The molecule has 3 aromatic rings. The van der Waals surface area contributed by atoms with Crippen LogP contribution in [0.25, 0.3) is 6.08 Å². The number of ketones is 1. The van der Waals surface area contributed by atoms with E-state index in [0.29, 0.717) is 60.4 Å². The maximum Gasteiger partial charge on any atom is 0.342 e. The molecule has 47 heavy (non-hydrogen) atoms. The second-order valence-corrected chi connectivity index (χ2v) is 11.8. The maximum atomic E-state index is 13.6. The number of rotatable bonds is 9. The number of fused-ring (bicyclic) bond motifs is 1. The highest BCUT2D eigenvalue weighted by Gasteiger charge is 2.32. The summed E-state index contributed by atoms with van der Waals surface area (Å²) in [6.45, 7) is 1.75. The third-order valence-corrected chi connectivity index (χ3v) is 8.19. The average molecular weight is 716 g/mol. The molecule has 2 heterocycles. The molecule has 252 valence electrons. The third kappa shape index (κ3) is 8.82. The van der Waals surface area contributed by atoms with E-state index < -0.39 is 29.6 Å². The number of amides is 1. The first-order valence-electron chi connectivity index (χ1n) is 15.2. The molecule has 0 spiro atoms. The first-order valence-corrected chi connectivity index (χ1v) is 16.0. The van der Waals surface area contributed by atoms with E-state index in [0.717, 1.165) is 0 Å². The Hall–Kier alpha value is -4.59. The summed E-state index contributed by atoms with van der Waals surface area (Å²) in [4.78, 5) is 43.4. The van der Waals surface area contributed by atoms with E-state index in [1.807, 2.05) is 0 Å². The van der Waals surface area contributed by atoms with Gasteiger partial charge in [0.15, 0.2) is 11.5 Å². The number of phenols is 2. The Morgan fingerprint density at radius 3 is 2.45 bits per heavy atom. The summed E-state index contributed by atoms with van der Waals surface area (Å²) in [6, 6.07) is 4.58. The molecule has 13 nitrogen and oxygen atoms in total. The molecule has 0 saturated carbocycles. The molecule has 0 saturated heterocycles. The number of esters is 1. The molecule has 1 aliphatic rings. The summed E-state index contributed by atoms with van der Waals surface area (Å²) in [5, 5.41) is 32.7. The number of aromatic nitrogens is 3. The number of hydrogen-bond acceptors (Lipinski definition) is 11. The van der Waals surface area contributed by atoms with E-state index in [1.165, 1.54) is 27.4 Å². The Balaban J connectivity index is 1.84. The van der Waals surface area contributed by atoms with Crippen molar-refractivity contribution >= 4 is 39.7 Å². The van der Waals surface area contributed by atoms with Crippen molar-refractivity contribution in [1.29, 1.82) is 0 Å². The van der Waals surface area contributed by atoms with Crippen molar-refractivity contribution in [2.75, 3.05) is 21.3 Å². The van der Waals surface area contributed by atoms with Crippen LogP contribution in [0.2, 0.25) is 0 Å². The van der Waals surface area contributed by atoms with Crippen LogP contribution in [0.5, 0.6) is 28.7 Å². The largest absolute Gasteiger partial charge is 0.507 e. The fraction of sp³-hybridized carbons (Fsp3) is 0.424. The first-order chi connectivity index (χ1) is 22.6. The first kappa shape index (κ1) is 35.3. The lowest BCUT2D eigenvalue weighted by atomic mass is 9.84. The number of nitrogens with zero attached hydrogens (tertiary/aromatic N) is 2. The predicted octanol–water partition coefficient (Wildman–Crippen LogP) is 5.32. The van der Waals surface area contributed by atoms with Gasteiger partial charge in [0.25, 0.3) is 0 Å². The van der Waals surface area contributed by atoms with E-state index in [1.54, 1.807) is 31.2 Å². The average Bonchev–Trinajstić information content (AvgIpc) is 3.46. The number of methoxy groups -OCH3 is 3. The molecule has 1 amide bonds. The molecule has 0 aliphatic carbocycles. The molecule has 0 radical (unpaired) electrons. The number of carbonyl (C=O) groups excluding carboxylic acids is 3. The number of nitrogens with one attached hydrogen (secondary N) is 2. The van der Waals surface area contributed by atoms with Gasteiger partial charge >= 0.3 is 5.97 Å². The number of phenolic OH excluding ortho intramolecular Hbond substituents is 2. The number of cyclic esters (lactones) is 1.